The van der Waals surface area contributed by atoms with E-state index < -0.39 is 5.82 Å². The Labute approximate surface area is 200 Å². The summed E-state index contributed by atoms with van der Waals surface area (Å²) >= 11 is 7.60. The number of aliphatic hydroxyl groups is 1. The van der Waals surface area contributed by atoms with Crippen molar-refractivity contribution < 1.29 is 9.50 Å². The molecule has 4 N–H and O–H groups in total. The quantitative estimate of drug-likeness (QED) is 0.293. The van der Waals surface area contributed by atoms with Crippen molar-refractivity contribution in [3.05, 3.63) is 70.5 Å². The molecule has 5 rings (SSSR count). The minimum Gasteiger partial charge on any atom is -0.392 e. The van der Waals surface area contributed by atoms with Gasteiger partial charge >= 0.3 is 0 Å². The lowest BCUT2D eigenvalue weighted by Gasteiger charge is -2.23. The summed E-state index contributed by atoms with van der Waals surface area (Å²) in [6, 6.07) is 8.86. The van der Waals surface area contributed by atoms with Crippen LogP contribution in [0.25, 0.3) is 16.8 Å². The summed E-state index contributed by atoms with van der Waals surface area (Å²) in [7, 11) is 0. The highest BCUT2D eigenvalue weighted by Crippen LogP contribution is 2.41. The van der Waals surface area contributed by atoms with Gasteiger partial charge in [-0.3, -0.25) is 4.40 Å². The lowest BCUT2D eigenvalue weighted by molar-refractivity contribution is 0.281. The van der Waals surface area contributed by atoms with Crippen molar-refractivity contribution in [1.82, 2.24) is 14.4 Å². The number of benzene rings is 2. The number of aliphatic hydroxyl groups excluding tert-OH is 1. The van der Waals surface area contributed by atoms with Crippen LogP contribution in [0.1, 0.15) is 42.1 Å². The second-order valence-corrected chi connectivity index (χ2v) is 9.47. The molecule has 0 aliphatic heterocycles. The fourth-order valence-corrected chi connectivity index (χ4v) is 5.26. The van der Waals surface area contributed by atoms with Crippen molar-refractivity contribution in [1.29, 1.82) is 0 Å². The highest BCUT2D eigenvalue weighted by atomic mass is 35.5. The lowest BCUT2D eigenvalue weighted by Crippen LogP contribution is -2.12. The van der Waals surface area contributed by atoms with E-state index in [-0.39, 0.29) is 6.61 Å². The van der Waals surface area contributed by atoms with E-state index in [4.69, 9.17) is 22.3 Å². The number of nitrogens with zero attached hydrogens (tertiary/aromatic N) is 3. The Morgan fingerprint density at radius 1 is 1.33 bits per heavy atom. The number of fused-ring (bicyclic) bond motifs is 1. The van der Waals surface area contributed by atoms with Crippen LogP contribution in [0.15, 0.2) is 47.6 Å². The first-order valence-electron chi connectivity index (χ1n) is 10.7. The molecule has 1 aliphatic rings. The average molecular weight is 484 g/mol. The Hall–Kier alpha value is -2.81. The number of hydrogen-bond acceptors (Lipinski definition) is 6. The molecular formula is C24H23ClFN5OS. The third kappa shape index (κ3) is 3.92. The average Bonchev–Trinajstić information content (AvgIpc) is 3.14. The zero-order chi connectivity index (χ0) is 23.1. The molecule has 0 saturated heterocycles. The molecule has 1 saturated carbocycles. The third-order valence-corrected chi connectivity index (χ3v) is 7.46. The number of nitrogens with two attached hydrogens (primary N) is 1. The van der Waals surface area contributed by atoms with Crippen LogP contribution in [0, 0.1) is 12.7 Å². The van der Waals surface area contributed by atoms with Gasteiger partial charge < -0.3 is 15.6 Å². The van der Waals surface area contributed by atoms with E-state index >= 15 is 4.39 Å². The molecule has 1 fully saturated rings. The molecule has 0 bridgehead atoms. The highest BCUT2D eigenvalue weighted by molar-refractivity contribution is 8.00. The van der Waals surface area contributed by atoms with Gasteiger partial charge in [-0.05, 0) is 61.0 Å². The second kappa shape index (κ2) is 8.85. The van der Waals surface area contributed by atoms with Gasteiger partial charge in [-0.15, -0.1) is 0 Å². The first kappa shape index (κ1) is 22.0. The molecule has 9 heteroatoms. The summed E-state index contributed by atoms with van der Waals surface area (Å²) in [4.78, 5) is 9.75. The topological polar surface area (TPSA) is 88.5 Å². The summed E-state index contributed by atoms with van der Waals surface area (Å²) in [5, 5.41) is 9.98. The predicted octanol–water partition coefficient (Wildman–Crippen LogP) is 5.96. The zero-order valence-electron chi connectivity index (χ0n) is 18.0. The van der Waals surface area contributed by atoms with Gasteiger partial charge in [0.05, 0.1) is 17.3 Å². The van der Waals surface area contributed by atoms with Gasteiger partial charge in [0.2, 0.25) is 0 Å². The van der Waals surface area contributed by atoms with Crippen LogP contribution in [-0.2, 0) is 6.61 Å². The number of nitrogens with one attached hydrogen (secondary N) is 1. The molecule has 1 aliphatic carbocycles. The molecule has 2 aromatic carbocycles. The molecule has 0 unspecified atom stereocenters. The van der Waals surface area contributed by atoms with Crippen LogP contribution in [0.3, 0.4) is 0 Å². The van der Waals surface area contributed by atoms with Crippen LogP contribution < -0.4 is 10.5 Å². The minimum absolute atomic E-state index is 0.163. The Balaban J connectivity index is 1.53. The first-order chi connectivity index (χ1) is 16.0. The van der Waals surface area contributed by atoms with E-state index in [0.717, 1.165) is 24.2 Å². The monoisotopic (exact) mass is 483 g/mol. The summed E-state index contributed by atoms with van der Waals surface area (Å²) < 4.78 is 20.7. The summed E-state index contributed by atoms with van der Waals surface area (Å²) in [6.45, 7) is 1.76. The van der Waals surface area contributed by atoms with Crippen LogP contribution >= 0.6 is 23.5 Å². The molecular weight excluding hydrogens is 461 g/mol. The first-order valence-corrected chi connectivity index (χ1v) is 11.9. The molecule has 0 amide bonds. The fraction of sp³-hybridized carbons (Fsp3) is 0.250. The van der Waals surface area contributed by atoms with E-state index in [2.05, 4.69) is 9.71 Å². The number of aromatic nitrogens is 3. The number of aryl methyl sites for hydroxylation is 1. The molecule has 4 aromatic rings. The van der Waals surface area contributed by atoms with E-state index in [1.807, 2.05) is 29.7 Å². The van der Waals surface area contributed by atoms with Crippen molar-refractivity contribution in [2.75, 3.05) is 10.5 Å². The molecule has 170 valence electrons. The molecule has 0 atom stereocenters. The van der Waals surface area contributed by atoms with E-state index in [0.29, 0.717) is 49.7 Å². The SMILES string of the molecule is Cc1cc(CO)c(Cl)c(SNc2cccc(-c3nc(C4CCC4)n4ccnc(N)c34)c2F)c1. The number of halogens is 2. The second-order valence-electron chi connectivity index (χ2n) is 8.24. The normalized spacial score (nSPS) is 13.9. The van der Waals surface area contributed by atoms with Crippen molar-refractivity contribution in [2.24, 2.45) is 0 Å². The van der Waals surface area contributed by atoms with Crippen LogP contribution in [0.5, 0.6) is 0 Å². The summed E-state index contributed by atoms with van der Waals surface area (Å²) in [6.07, 6.45) is 6.78. The smallest absolute Gasteiger partial charge is 0.156 e. The van der Waals surface area contributed by atoms with Crippen LogP contribution in [0.4, 0.5) is 15.9 Å². The number of hydrogen-bond donors (Lipinski definition) is 3. The van der Waals surface area contributed by atoms with Crippen molar-refractivity contribution in [3.8, 4) is 11.3 Å². The van der Waals surface area contributed by atoms with Crippen LogP contribution in [0.2, 0.25) is 5.02 Å². The maximum Gasteiger partial charge on any atom is 0.156 e. The Kier molecular flexibility index (Phi) is 5.90. The van der Waals surface area contributed by atoms with Gasteiger partial charge in [0, 0.05) is 28.8 Å². The van der Waals surface area contributed by atoms with Crippen molar-refractivity contribution >= 4 is 40.6 Å². The van der Waals surface area contributed by atoms with E-state index in [1.165, 1.54) is 18.4 Å². The minimum atomic E-state index is -0.431. The van der Waals surface area contributed by atoms with Gasteiger partial charge in [0.15, 0.2) is 5.82 Å². The highest BCUT2D eigenvalue weighted by Gasteiger charge is 2.28. The Bertz CT molecular complexity index is 1350. The Morgan fingerprint density at radius 3 is 2.88 bits per heavy atom. The number of imidazole rings is 1. The van der Waals surface area contributed by atoms with Gasteiger partial charge in [-0.25, -0.2) is 14.4 Å². The van der Waals surface area contributed by atoms with Crippen LogP contribution in [-0.4, -0.2) is 19.5 Å². The van der Waals surface area contributed by atoms with Gasteiger partial charge in [-0.1, -0.05) is 30.2 Å². The molecule has 0 spiro atoms. The molecule has 33 heavy (non-hydrogen) atoms. The zero-order valence-corrected chi connectivity index (χ0v) is 19.6. The maximum atomic E-state index is 15.7. The number of nitrogen functional groups attached to an aromatic ring is 1. The van der Waals surface area contributed by atoms with E-state index in [1.54, 1.807) is 24.4 Å². The summed E-state index contributed by atoms with van der Waals surface area (Å²) in [5.41, 5.74) is 9.56. The molecule has 0 radical (unpaired) electrons. The molecule has 2 aromatic heterocycles. The van der Waals surface area contributed by atoms with Crippen molar-refractivity contribution in [2.45, 2.75) is 43.6 Å². The standard InChI is InChI=1S/C24H23ClFN5OS/c1-13-10-15(12-32)19(25)18(11-13)33-30-17-7-3-6-16(20(17)26)21-22-23(27)28-8-9-31(22)24(29-21)14-4-2-5-14/h3,6-11,14,30,32H,2,4-5,12H2,1H3,(H2,27,28). The largest absolute Gasteiger partial charge is 0.392 e. The number of rotatable bonds is 6. The van der Waals surface area contributed by atoms with Crippen molar-refractivity contribution in [3.63, 3.8) is 0 Å². The number of anilines is 2. The maximum absolute atomic E-state index is 15.7. The van der Waals surface area contributed by atoms with Gasteiger partial charge in [0.1, 0.15) is 22.9 Å². The predicted molar refractivity (Wildman–Crippen MR) is 131 cm³/mol. The van der Waals surface area contributed by atoms with E-state index in [9.17, 15) is 5.11 Å². The van der Waals surface area contributed by atoms with Gasteiger partial charge in [-0.2, -0.15) is 0 Å². The molecule has 6 nitrogen and oxygen atoms in total. The summed E-state index contributed by atoms with van der Waals surface area (Å²) in [5.74, 6) is 1.13. The fourth-order valence-electron chi connectivity index (χ4n) is 4.13. The lowest BCUT2D eigenvalue weighted by atomic mass is 9.85. The Morgan fingerprint density at radius 2 is 2.15 bits per heavy atom. The molecule has 2 heterocycles. The van der Waals surface area contributed by atoms with Gasteiger partial charge in [0.25, 0.3) is 0 Å². The third-order valence-electron chi connectivity index (χ3n) is 6.03.